The van der Waals surface area contributed by atoms with Gasteiger partial charge in [-0.05, 0) is 53.9 Å². The largest absolute Gasteiger partial charge is 0.497 e. The van der Waals surface area contributed by atoms with Crippen molar-refractivity contribution in [1.82, 2.24) is 10.2 Å². The van der Waals surface area contributed by atoms with Crippen LogP contribution in [-0.4, -0.2) is 51.4 Å². The van der Waals surface area contributed by atoms with Gasteiger partial charge >= 0.3 is 0 Å². The smallest absolute Gasteiger partial charge is 0.264 e. The summed E-state index contributed by atoms with van der Waals surface area (Å²) < 4.78 is 49.3. The van der Waals surface area contributed by atoms with Gasteiger partial charge in [-0.3, -0.25) is 13.9 Å². The third-order valence-electron chi connectivity index (χ3n) is 7.22. The maximum absolute atomic E-state index is 15.0. The van der Waals surface area contributed by atoms with Gasteiger partial charge in [0.1, 0.15) is 24.2 Å². The number of rotatable bonds is 14. The van der Waals surface area contributed by atoms with Crippen molar-refractivity contribution >= 4 is 27.5 Å². The summed E-state index contributed by atoms with van der Waals surface area (Å²) in [7, 11) is -2.74. The number of hydrogen-bond donors (Lipinski definition) is 1. The van der Waals surface area contributed by atoms with E-state index in [1.165, 1.54) is 30.2 Å². The highest BCUT2D eigenvalue weighted by Gasteiger charge is 2.35. The Balaban J connectivity index is 1.80. The number of hydrogen-bond acceptors (Lipinski definition) is 5. The van der Waals surface area contributed by atoms with E-state index in [1.54, 1.807) is 60.7 Å². The number of benzene rings is 4. The predicted molar refractivity (Wildman–Crippen MR) is 173 cm³/mol. The van der Waals surface area contributed by atoms with Gasteiger partial charge in [-0.15, -0.1) is 0 Å². The van der Waals surface area contributed by atoms with Gasteiger partial charge in [0.15, 0.2) is 0 Å². The molecule has 0 spiro atoms. The molecule has 0 unspecified atom stereocenters. The third-order valence-corrected chi connectivity index (χ3v) is 9.01. The second-order valence-electron chi connectivity index (χ2n) is 11.0. The maximum atomic E-state index is 15.0. The zero-order valence-corrected chi connectivity index (χ0v) is 26.4. The van der Waals surface area contributed by atoms with Gasteiger partial charge in [0.05, 0.1) is 17.7 Å². The number of halogens is 1. The van der Waals surface area contributed by atoms with Crippen LogP contribution >= 0.6 is 0 Å². The number of nitrogens with one attached hydrogen (secondary N) is 1. The molecule has 0 aliphatic rings. The van der Waals surface area contributed by atoms with E-state index in [1.807, 2.05) is 44.2 Å². The van der Waals surface area contributed by atoms with E-state index in [-0.39, 0.29) is 35.0 Å². The Kier molecular flexibility index (Phi) is 11.3. The second kappa shape index (κ2) is 15.3. The van der Waals surface area contributed by atoms with Crippen molar-refractivity contribution in [1.29, 1.82) is 0 Å². The van der Waals surface area contributed by atoms with E-state index >= 15 is 4.39 Å². The van der Waals surface area contributed by atoms with Crippen molar-refractivity contribution in [3.8, 4) is 5.75 Å². The minimum absolute atomic E-state index is 0.00946. The molecule has 2 amide bonds. The van der Waals surface area contributed by atoms with Crippen molar-refractivity contribution in [3.05, 3.63) is 126 Å². The number of methoxy groups -OCH3 is 1. The molecule has 0 saturated carbocycles. The number of nitrogens with zero attached hydrogens (tertiary/aromatic N) is 2. The van der Waals surface area contributed by atoms with Crippen LogP contribution in [0.1, 0.15) is 25.0 Å². The topological polar surface area (TPSA) is 96.0 Å². The van der Waals surface area contributed by atoms with Crippen molar-refractivity contribution in [3.63, 3.8) is 0 Å². The Morgan fingerprint density at radius 2 is 1.44 bits per heavy atom. The summed E-state index contributed by atoms with van der Waals surface area (Å²) in [6.45, 7) is 3.39. The van der Waals surface area contributed by atoms with Gasteiger partial charge in [0.25, 0.3) is 10.0 Å². The predicted octanol–water partition coefficient (Wildman–Crippen LogP) is 5.44. The molecule has 0 bridgehead atoms. The standard InChI is InChI=1S/C35H38FN3O5S/c1-26(2)23-37-35(41)33(22-27-12-6-4-7-13-27)38(24-28-14-10-11-17-32(28)36)34(40)25-39(29-18-20-30(44-3)21-19-29)45(42,43)31-15-8-5-9-16-31/h4-21,26,33H,22-25H2,1-3H3,(H,37,41)/t33-/m1/s1. The minimum atomic E-state index is -4.24. The number of carbonyl (C=O) groups is 2. The molecule has 4 rings (SSSR count). The Morgan fingerprint density at radius 1 is 0.844 bits per heavy atom. The first-order chi connectivity index (χ1) is 21.6. The lowest BCUT2D eigenvalue weighted by atomic mass is 10.0. The zero-order valence-electron chi connectivity index (χ0n) is 25.6. The van der Waals surface area contributed by atoms with Crippen LogP contribution < -0.4 is 14.4 Å². The third kappa shape index (κ3) is 8.69. The molecule has 1 N–H and O–H groups in total. The molecule has 45 heavy (non-hydrogen) atoms. The van der Waals surface area contributed by atoms with Crippen LogP contribution in [0.4, 0.5) is 10.1 Å². The highest BCUT2D eigenvalue weighted by Crippen LogP contribution is 2.27. The summed E-state index contributed by atoms with van der Waals surface area (Å²) in [6, 6.07) is 28.2. The van der Waals surface area contributed by atoms with Crippen LogP contribution in [0, 0.1) is 11.7 Å². The summed E-state index contributed by atoms with van der Waals surface area (Å²) >= 11 is 0. The fourth-order valence-corrected chi connectivity index (χ4v) is 6.22. The number of carbonyl (C=O) groups excluding carboxylic acids is 2. The molecular formula is C35H38FN3O5S. The van der Waals surface area contributed by atoms with Gasteiger partial charge < -0.3 is 15.0 Å². The fourth-order valence-electron chi connectivity index (χ4n) is 4.78. The quantitative estimate of drug-likeness (QED) is 0.200. The van der Waals surface area contributed by atoms with Crippen molar-refractivity contribution in [2.45, 2.75) is 37.8 Å². The molecule has 236 valence electrons. The van der Waals surface area contributed by atoms with E-state index in [2.05, 4.69) is 5.32 Å². The van der Waals surface area contributed by atoms with Gasteiger partial charge in [0, 0.05) is 25.1 Å². The molecule has 0 heterocycles. The van der Waals surface area contributed by atoms with Crippen LogP contribution in [0.3, 0.4) is 0 Å². The average Bonchev–Trinajstić information content (AvgIpc) is 3.05. The van der Waals surface area contributed by atoms with Crippen LogP contribution in [0.5, 0.6) is 5.75 Å². The molecule has 4 aromatic rings. The fraction of sp³-hybridized carbons (Fsp3) is 0.257. The summed E-state index contributed by atoms with van der Waals surface area (Å²) in [5, 5.41) is 2.92. The lowest BCUT2D eigenvalue weighted by molar-refractivity contribution is -0.140. The van der Waals surface area contributed by atoms with Crippen molar-refractivity contribution < 1.29 is 27.1 Å². The highest BCUT2D eigenvalue weighted by molar-refractivity contribution is 7.92. The highest BCUT2D eigenvalue weighted by atomic mass is 32.2. The molecule has 0 saturated heterocycles. The summed E-state index contributed by atoms with van der Waals surface area (Å²) in [6.07, 6.45) is 0.138. The molecular weight excluding hydrogens is 593 g/mol. The van der Waals surface area contributed by atoms with E-state index in [9.17, 15) is 18.0 Å². The number of anilines is 1. The molecule has 4 aromatic carbocycles. The number of sulfonamides is 1. The van der Waals surface area contributed by atoms with E-state index in [0.29, 0.717) is 12.3 Å². The van der Waals surface area contributed by atoms with Crippen molar-refractivity contribution in [2.24, 2.45) is 5.92 Å². The summed E-state index contributed by atoms with van der Waals surface area (Å²) in [5.74, 6) is -0.981. The maximum Gasteiger partial charge on any atom is 0.264 e. The molecule has 0 aliphatic carbocycles. The van der Waals surface area contributed by atoms with E-state index < -0.39 is 40.2 Å². The lowest BCUT2D eigenvalue weighted by Gasteiger charge is -2.34. The Labute approximate surface area is 264 Å². The first kappa shape index (κ1) is 33.2. The van der Waals surface area contributed by atoms with Gasteiger partial charge in [0.2, 0.25) is 11.8 Å². The zero-order chi connectivity index (χ0) is 32.4. The monoisotopic (exact) mass is 631 g/mol. The van der Waals surface area contributed by atoms with Crippen molar-refractivity contribution in [2.75, 3.05) is 24.5 Å². The molecule has 10 heteroatoms. The molecule has 0 fully saturated rings. The Bertz CT molecular complexity index is 1670. The van der Waals surface area contributed by atoms with Crippen LogP contribution in [-0.2, 0) is 32.6 Å². The van der Waals surface area contributed by atoms with Crippen LogP contribution in [0.25, 0.3) is 0 Å². The molecule has 8 nitrogen and oxygen atoms in total. The number of ether oxygens (including phenoxy) is 1. The van der Waals surface area contributed by atoms with E-state index in [0.717, 1.165) is 9.87 Å². The minimum Gasteiger partial charge on any atom is -0.497 e. The molecule has 1 atom stereocenters. The van der Waals surface area contributed by atoms with Gasteiger partial charge in [-0.2, -0.15) is 0 Å². The Morgan fingerprint density at radius 3 is 2.04 bits per heavy atom. The first-order valence-corrected chi connectivity index (χ1v) is 16.1. The second-order valence-corrected chi connectivity index (χ2v) is 12.8. The average molecular weight is 632 g/mol. The summed E-state index contributed by atoms with van der Waals surface area (Å²) in [5.41, 5.74) is 1.21. The normalized spacial score (nSPS) is 11.9. The molecule has 0 aliphatic heterocycles. The molecule has 0 aromatic heterocycles. The number of amides is 2. The Hall–Kier alpha value is -4.70. The van der Waals surface area contributed by atoms with Crippen LogP contribution in [0.15, 0.2) is 114 Å². The first-order valence-electron chi connectivity index (χ1n) is 14.7. The van der Waals surface area contributed by atoms with Crippen LogP contribution in [0.2, 0.25) is 0 Å². The van der Waals surface area contributed by atoms with Gasteiger partial charge in [-0.25, -0.2) is 12.8 Å². The van der Waals surface area contributed by atoms with Gasteiger partial charge in [-0.1, -0.05) is 80.6 Å². The molecule has 0 radical (unpaired) electrons. The lowest BCUT2D eigenvalue weighted by Crippen LogP contribution is -2.53. The van der Waals surface area contributed by atoms with E-state index in [4.69, 9.17) is 4.74 Å². The summed E-state index contributed by atoms with van der Waals surface area (Å²) in [4.78, 5) is 29.5. The SMILES string of the molecule is COc1ccc(N(CC(=O)N(Cc2ccccc2F)[C@H](Cc2ccccc2)C(=O)NCC(C)C)S(=O)(=O)c2ccccc2)cc1.